The molecule has 106 valence electrons. The zero-order chi connectivity index (χ0) is 13.8. The van der Waals surface area contributed by atoms with Crippen LogP contribution in [0, 0.1) is 0 Å². The minimum atomic E-state index is -0.428. The van der Waals surface area contributed by atoms with Gasteiger partial charge in [0.25, 0.3) is 0 Å². The van der Waals surface area contributed by atoms with Crippen LogP contribution in [-0.2, 0) is 0 Å². The van der Waals surface area contributed by atoms with E-state index in [-0.39, 0.29) is 0 Å². The lowest BCUT2D eigenvalue weighted by molar-refractivity contribution is 0.199. The predicted octanol–water partition coefficient (Wildman–Crippen LogP) is 2.06. The molecule has 0 radical (unpaired) electrons. The average molecular weight is 263 g/mol. The van der Waals surface area contributed by atoms with Crippen molar-refractivity contribution in [1.82, 2.24) is 9.88 Å². The number of hydrogen-bond donors (Lipinski definition) is 1. The Morgan fingerprint density at radius 2 is 2.21 bits per heavy atom. The average Bonchev–Trinajstić information content (AvgIpc) is 2.90. The summed E-state index contributed by atoms with van der Waals surface area (Å²) in [6, 6.07) is 4.52. The molecule has 2 rings (SSSR count). The summed E-state index contributed by atoms with van der Waals surface area (Å²) >= 11 is 0. The van der Waals surface area contributed by atoms with Gasteiger partial charge in [-0.05, 0) is 44.1 Å². The van der Waals surface area contributed by atoms with Gasteiger partial charge in [-0.3, -0.25) is 4.90 Å². The molecule has 4 heteroatoms. The molecule has 2 unspecified atom stereocenters. The van der Waals surface area contributed by atoms with Crippen LogP contribution in [0.4, 0.5) is 5.82 Å². The predicted molar refractivity (Wildman–Crippen MR) is 78.4 cm³/mol. The highest BCUT2D eigenvalue weighted by atomic mass is 16.3. The van der Waals surface area contributed by atoms with E-state index in [2.05, 4.69) is 28.6 Å². The van der Waals surface area contributed by atoms with E-state index in [0.717, 1.165) is 37.6 Å². The zero-order valence-electron chi connectivity index (χ0n) is 12.2. The Labute approximate surface area is 116 Å². The monoisotopic (exact) mass is 263 g/mol. The van der Waals surface area contributed by atoms with Crippen LogP contribution in [0.3, 0.4) is 0 Å². The highest BCUT2D eigenvalue weighted by Crippen LogP contribution is 2.23. The molecule has 2 heterocycles. The van der Waals surface area contributed by atoms with Crippen LogP contribution in [0.2, 0.25) is 0 Å². The third kappa shape index (κ3) is 3.25. The normalized spacial score (nSPS) is 21.1. The fourth-order valence-corrected chi connectivity index (χ4v) is 2.85. The molecule has 1 N–H and O–H groups in total. The maximum absolute atomic E-state index is 9.65. The molecule has 0 amide bonds. The minimum absolute atomic E-state index is 0.428. The van der Waals surface area contributed by atoms with E-state index >= 15 is 0 Å². The molecule has 0 saturated carbocycles. The van der Waals surface area contributed by atoms with Gasteiger partial charge >= 0.3 is 0 Å². The molecular weight excluding hydrogens is 238 g/mol. The molecule has 1 aromatic rings. The molecule has 0 aromatic carbocycles. The Morgan fingerprint density at radius 3 is 2.84 bits per heavy atom. The summed E-state index contributed by atoms with van der Waals surface area (Å²) in [5.41, 5.74) is 0.941. The molecular formula is C15H25N3O. The first-order valence-electron chi connectivity index (χ1n) is 7.28. The Morgan fingerprint density at radius 1 is 1.47 bits per heavy atom. The van der Waals surface area contributed by atoms with Crippen LogP contribution < -0.4 is 4.90 Å². The van der Waals surface area contributed by atoms with Gasteiger partial charge < -0.3 is 10.0 Å². The summed E-state index contributed by atoms with van der Waals surface area (Å²) < 4.78 is 0. The molecule has 4 nitrogen and oxygen atoms in total. The smallest absolute Gasteiger partial charge is 0.128 e. The van der Waals surface area contributed by atoms with E-state index in [1.54, 1.807) is 13.1 Å². The van der Waals surface area contributed by atoms with Gasteiger partial charge in [0.05, 0.1) is 6.10 Å². The fraction of sp³-hybridized carbons (Fsp3) is 0.667. The summed E-state index contributed by atoms with van der Waals surface area (Å²) in [6.07, 6.45) is 2.56. The van der Waals surface area contributed by atoms with Crippen LogP contribution in [0.15, 0.2) is 18.3 Å². The first-order valence-corrected chi connectivity index (χ1v) is 7.28. The van der Waals surface area contributed by atoms with Crippen molar-refractivity contribution in [3.8, 4) is 0 Å². The number of anilines is 1. The highest BCUT2D eigenvalue weighted by Gasteiger charge is 2.27. The van der Waals surface area contributed by atoms with E-state index in [1.165, 1.54) is 6.42 Å². The van der Waals surface area contributed by atoms with E-state index in [0.29, 0.717) is 6.04 Å². The van der Waals surface area contributed by atoms with Gasteiger partial charge in [0, 0.05) is 25.3 Å². The number of nitrogens with zero attached hydrogens (tertiary/aromatic N) is 3. The van der Waals surface area contributed by atoms with Gasteiger partial charge in [-0.1, -0.05) is 13.8 Å². The summed E-state index contributed by atoms with van der Waals surface area (Å²) in [7, 11) is 0. The van der Waals surface area contributed by atoms with Crippen molar-refractivity contribution < 1.29 is 5.11 Å². The molecule has 1 saturated heterocycles. The van der Waals surface area contributed by atoms with Gasteiger partial charge in [-0.25, -0.2) is 4.98 Å². The standard InChI is InChI=1S/C15H25N3O/c1-4-17(5-2)14-7-9-18(11-14)15-10-13(12(3)19)6-8-16-15/h6,8,10,12,14,19H,4-5,7,9,11H2,1-3H3. The SMILES string of the molecule is CCN(CC)C1CCN(c2cc(C(C)O)ccn2)C1. The molecule has 1 aromatic heterocycles. The van der Waals surface area contributed by atoms with E-state index < -0.39 is 6.10 Å². The number of aliphatic hydroxyl groups excluding tert-OH is 1. The van der Waals surface area contributed by atoms with Gasteiger partial charge in [0.1, 0.15) is 5.82 Å². The zero-order valence-corrected chi connectivity index (χ0v) is 12.2. The third-order valence-corrected chi connectivity index (χ3v) is 4.07. The van der Waals surface area contributed by atoms with Crippen molar-refractivity contribution >= 4 is 5.82 Å². The Balaban J connectivity index is 2.06. The molecule has 0 bridgehead atoms. The quantitative estimate of drug-likeness (QED) is 0.882. The van der Waals surface area contributed by atoms with Crippen molar-refractivity contribution in [3.05, 3.63) is 23.9 Å². The van der Waals surface area contributed by atoms with Crippen molar-refractivity contribution in [3.63, 3.8) is 0 Å². The van der Waals surface area contributed by atoms with Crippen molar-refractivity contribution in [2.75, 3.05) is 31.1 Å². The molecule has 0 aliphatic carbocycles. The first kappa shape index (κ1) is 14.3. The Bertz CT molecular complexity index is 404. The van der Waals surface area contributed by atoms with Crippen LogP contribution in [0.5, 0.6) is 0 Å². The van der Waals surface area contributed by atoms with Crippen LogP contribution in [0.25, 0.3) is 0 Å². The van der Waals surface area contributed by atoms with Crippen molar-refractivity contribution in [1.29, 1.82) is 0 Å². The number of aromatic nitrogens is 1. The van der Waals surface area contributed by atoms with Crippen molar-refractivity contribution in [2.24, 2.45) is 0 Å². The van der Waals surface area contributed by atoms with Gasteiger partial charge in [0.2, 0.25) is 0 Å². The fourth-order valence-electron chi connectivity index (χ4n) is 2.85. The van der Waals surface area contributed by atoms with Crippen molar-refractivity contribution in [2.45, 2.75) is 39.3 Å². The van der Waals surface area contributed by atoms with Gasteiger partial charge in [-0.15, -0.1) is 0 Å². The summed E-state index contributed by atoms with van der Waals surface area (Å²) in [5.74, 6) is 0.994. The second-order valence-electron chi connectivity index (χ2n) is 5.23. The molecule has 1 fully saturated rings. The topological polar surface area (TPSA) is 39.6 Å². The number of pyridine rings is 1. The number of hydrogen-bond acceptors (Lipinski definition) is 4. The number of aliphatic hydroxyl groups is 1. The number of likely N-dealkylation sites (N-methyl/N-ethyl adjacent to an activating group) is 1. The van der Waals surface area contributed by atoms with Gasteiger partial charge in [0.15, 0.2) is 0 Å². The second kappa shape index (κ2) is 6.35. The summed E-state index contributed by atoms with van der Waals surface area (Å²) in [6.45, 7) is 10.5. The number of rotatable bonds is 5. The maximum Gasteiger partial charge on any atom is 0.128 e. The Kier molecular flexibility index (Phi) is 4.77. The Hall–Kier alpha value is -1.13. The molecule has 1 aliphatic heterocycles. The lowest BCUT2D eigenvalue weighted by Crippen LogP contribution is -2.37. The molecule has 19 heavy (non-hydrogen) atoms. The second-order valence-corrected chi connectivity index (χ2v) is 5.23. The largest absolute Gasteiger partial charge is 0.389 e. The molecule has 0 spiro atoms. The summed E-state index contributed by atoms with van der Waals surface area (Å²) in [5, 5.41) is 9.65. The highest BCUT2D eigenvalue weighted by molar-refractivity contribution is 5.43. The summed E-state index contributed by atoms with van der Waals surface area (Å²) in [4.78, 5) is 9.29. The third-order valence-electron chi connectivity index (χ3n) is 4.07. The first-order chi connectivity index (χ1) is 9.15. The minimum Gasteiger partial charge on any atom is -0.389 e. The van der Waals surface area contributed by atoms with Crippen LogP contribution in [-0.4, -0.2) is 47.2 Å². The van der Waals surface area contributed by atoms with E-state index in [4.69, 9.17) is 0 Å². The molecule has 1 aliphatic rings. The molecule has 2 atom stereocenters. The van der Waals surface area contributed by atoms with E-state index in [9.17, 15) is 5.11 Å². The van der Waals surface area contributed by atoms with Crippen LogP contribution in [0.1, 0.15) is 38.9 Å². The van der Waals surface area contributed by atoms with Crippen LogP contribution >= 0.6 is 0 Å². The lowest BCUT2D eigenvalue weighted by atomic mass is 10.2. The van der Waals surface area contributed by atoms with E-state index in [1.807, 2.05) is 12.1 Å². The lowest BCUT2D eigenvalue weighted by Gasteiger charge is -2.26. The maximum atomic E-state index is 9.65. The van der Waals surface area contributed by atoms with Gasteiger partial charge in [-0.2, -0.15) is 0 Å².